The SMILES string of the molecule is CNCc1ccc(N2CCCC(C)C2C)cc1C. The van der Waals surface area contributed by atoms with Gasteiger partial charge in [-0.2, -0.15) is 0 Å². The zero-order chi connectivity index (χ0) is 13.1. The van der Waals surface area contributed by atoms with Crippen molar-refractivity contribution in [3.63, 3.8) is 0 Å². The molecule has 18 heavy (non-hydrogen) atoms. The second-order valence-electron chi connectivity index (χ2n) is 5.69. The molecule has 1 saturated heterocycles. The molecule has 2 rings (SSSR count). The largest absolute Gasteiger partial charge is 0.369 e. The summed E-state index contributed by atoms with van der Waals surface area (Å²) in [4.78, 5) is 2.57. The summed E-state index contributed by atoms with van der Waals surface area (Å²) in [7, 11) is 2.00. The van der Waals surface area contributed by atoms with E-state index < -0.39 is 0 Å². The van der Waals surface area contributed by atoms with Crippen molar-refractivity contribution in [2.75, 3.05) is 18.5 Å². The monoisotopic (exact) mass is 246 g/mol. The molecule has 100 valence electrons. The number of piperidine rings is 1. The molecule has 1 N–H and O–H groups in total. The lowest BCUT2D eigenvalue weighted by Crippen LogP contribution is -2.42. The number of rotatable bonds is 3. The normalized spacial score (nSPS) is 24.3. The van der Waals surface area contributed by atoms with Gasteiger partial charge in [0, 0.05) is 24.8 Å². The van der Waals surface area contributed by atoms with Gasteiger partial charge in [-0.3, -0.25) is 0 Å². The first-order chi connectivity index (χ1) is 8.63. The van der Waals surface area contributed by atoms with Gasteiger partial charge in [0.25, 0.3) is 0 Å². The molecule has 1 aromatic rings. The van der Waals surface area contributed by atoms with E-state index >= 15 is 0 Å². The Balaban J connectivity index is 2.20. The van der Waals surface area contributed by atoms with E-state index in [4.69, 9.17) is 0 Å². The summed E-state index contributed by atoms with van der Waals surface area (Å²) < 4.78 is 0. The number of nitrogens with zero attached hydrogens (tertiary/aromatic N) is 1. The summed E-state index contributed by atoms with van der Waals surface area (Å²) in [5.74, 6) is 0.802. The zero-order valence-corrected chi connectivity index (χ0v) is 12.2. The van der Waals surface area contributed by atoms with E-state index in [0.717, 1.165) is 12.5 Å². The third kappa shape index (κ3) is 2.69. The Morgan fingerprint density at radius 1 is 1.33 bits per heavy atom. The molecule has 0 amide bonds. The molecule has 0 radical (unpaired) electrons. The highest BCUT2D eigenvalue weighted by Crippen LogP contribution is 2.29. The van der Waals surface area contributed by atoms with Gasteiger partial charge in [-0.05, 0) is 62.9 Å². The quantitative estimate of drug-likeness (QED) is 0.880. The Labute approximate surface area is 111 Å². The summed E-state index contributed by atoms with van der Waals surface area (Å²) in [5.41, 5.74) is 4.19. The van der Waals surface area contributed by atoms with Gasteiger partial charge in [-0.1, -0.05) is 13.0 Å². The fourth-order valence-electron chi connectivity index (χ4n) is 2.95. The van der Waals surface area contributed by atoms with Crippen LogP contribution in [0.5, 0.6) is 0 Å². The molecule has 0 aromatic heterocycles. The van der Waals surface area contributed by atoms with Crippen LogP contribution in [-0.4, -0.2) is 19.6 Å². The predicted octanol–water partition coefficient (Wildman–Crippen LogP) is 3.34. The molecule has 1 aromatic carbocycles. The smallest absolute Gasteiger partial charge is 0.0371 e. The van der Waals surface area contributed by atoms with Crippen molar-refractivity contribution in [1.29, 1.82) is 0 Å². The molecular weight excluding hydrogens is 220 g/mol. The Bertz CT molecular complexity index is 400. The van der Waals surface area contributed by atoms with E-state index in [1.165, 1.54) is 36.2 Å². The average Bonchev–Trinajstić information content (AvgIpc) is 2.35. The van der Waals surface area contributed by atoms with Crippen molar-refractivity contribution in [3.8, 4) is 0 Å². The topological polar surface area (TPSA) is 15.3 Å². The maximum atomic E-state index is 3.23. The van der Waals surface area contributed by atoms with Gasteiger partial charge >= 0.3 is 0 Å². The molecule has 2 unspecified atom stereocenters. The van der Waals surface area contributed by atoms with E-state index in [1.807, 2.05) is 7.05 Å². The number of hydrogen-bond donors (Lipinski definition) is 1. The van der Waals surface area contributed by atoms with Crippen molar-refractivity contribution < 1.29 is 0 Å². The number of nitrogens with one attached hydrogen (secondary N) is 1. The van der Waals surface area contributed by atoms with Crippen LogP contribution >= 0.6 is 0 Å². The molecule has 1 heterocycles. The van der Waals surface area contributed by atoms with E-state index in [9.17, 15) is 0 Å². The van der Waals surface area contributed by atoms with Crippen LogP contribution in [0.15, 0.2) is 18.2 Å². The van der Waals surface area contributed by atoms with E-state index in [0.29, 0.717) is 6.04 Å². The first-order valence-electron chi connectivity index (χ1n) is 7.14. The fraction of sp³-hybridized carbons (Fsp3) is 0.625. The lowest BCUT2D eigenvalue weighted by molar-refractivity contribution is 0.363. The molecule has 0 bridgehead atoms. The molecule has 1 fully saturated rings. The molecule has 0 aliphatic carbocycles. The minimum Gasteiger partial charge on any atom is -0.369 e. The Kier molecular flexibility index (Phi) is 4.28. The summed E-state index contributed by atoms with van der Waals surface area (Å²) in [6, 6.07) is 7.57. The first-order valence-corrected chi connectivity index (χ1v) is 7.14. The molecule has 0 spiro atoms. The van der Waals surface area contributed by atoms with Crippen LogP contribution in [0.25, 0.3) is 0 Å². The molecule has 1 aliphatic heterocycles. The van der Waals surface area contributed by atoms with E-state index in [1.54, 1.807) is 0 Å². The van der Waals surface area contributed by atoms with Crippen molar-refractivity contribution in [2.24, 2.45) is 5.92 Å². The maximum absolute atomic E-state index is 3.23. The summed E-state index contributed by atoms with van der Waals surface area (Å²) in [5, 5.41) is 3.23. The summed E-state index contributed by atoms with van der Waals surface area (Å²) in [6.45, 7) is 9.11. The van der Waals surface area contributed by atoms with Crippen molar-refractivity contribution >= 4 is 5.69 Å². The highest BCUT2D eigenvalue weighted by Gasteiger charge is 2.24. The Morgan fingerprint density at radius 3 is 2.78 bits per heavy atom. The molecule has 0 saturated carbocycles. The molecule has 1 aliphatic rings. The van der Waals surface area contributed by atoms with Gasteiger partial charge in [-0.15, -0.1) is 0 Å². The Morgan fingerprint density at radius 2 is 2.11 bits per heavy atom. The lowest BCUT2D eigenvalue weighted by Gasteiger charge is -2.40. The predicted molar refractivity (Wildman–Crippen MR) is 79.1 cm³/mol. The van der Waals surface area contributed by atoms with Gasteiger partial charge in [0.1, 0.15) is 0 Å². The van der Waals surface area contributed by atoms with Gasteiger partial charge in [0.2, 0.25) is 0 Å². The van der Waals surface area contributed by atoms with Crippen molar-refractivity contribution in [2.45, 2.75) is 46.2 Å². The van der Waals surface area contributed by atoms with Crippen LogP contribution in [0.3, 0.4) is 0 Å². The fourth-order valence-corrected chi connectivity index (χ4v) is 2.95. The van der Waals surface area contributed by atoms with Gasteiger partial charge in [0.15, 0.2) is 0 Å². The minimum absolute atomic E-state index is 0.660. The van der Waals surface area contributed by atoms with Crippen LogP contribution in [0.1, 0.15) is 37.8 Å². The van der Waals surface area contributed by atoms with Gasteiger partial charge in [0.05, 0.1) is 0 Å². The van der Waals surface area contributed by atoms with Crippen LogP contribution in [-0.2, 0) is 6.54 Å². The molecule has 2 nitrogen and oxygen atoms in total. The average molecular weight is 246 g/mol. The minimum atomic E-state index is 0.660. The van der Waals surface area contributed by atoms with Crippen LogP contribution in [0.2, 0.25) is 0 Å². The Hall–Kier alpha value is -1.02. The van der Waals surface area contributed by atoms with Crippen molar-refractivity contribution in [3.05, 3.63) is 29.3 Å². The maximum Gasteiger partial charge on any atom is 0.0371 e. The second-order valence-corrected chi connectivity index (χ2v) is 5.69. The van der Waals surface area contributed by atoms with Crippen LogP contribution in [0, 0.1) is 12.8 Å². The molecular formula is C16H26N2. The number of anilines is 1. The number of aryl methyl sites for hydroxylation is 1. The van der Waals surface area contributed by atoms with Crippen LogP contribution in [0.4, 0.5) is 5.69 Å². The summed E-state index contributed by atoms with van der Waals surface area (Å²) in [6.07, 6.45) is 2.69. The number of hydrogen-bond acceptors (Lipinski definition) is 2. The van der Waals surface area contributed by atoms with E-state index in [2.05, 4.69) is 49.2 Å². The first kappa shape index (κ1) is 13.4. The third-order valence-electron chi connectivity index (χ3n) is 4.40. The van der Waals surface area contributed by atoms with Crippen molar-refractivity contribution in [1.82, 2.24) is 5.32 Å². The highest BCUT2D eigenvalue weighted by atomic mass is 15.2. The lowest BCUT2D eigenvalue weighted by atomic mass is 9.91. The van der Waals surface area contributed by atoms with Gasteiger partial charge < -0.3 is 10.2 Å². The molecule has 2 atom stereocenters. The number of benzene rings is 1. The summed E-state index contributed by atoms with van der Waals surface area (Å²) >= 11 is 0. The highest BCUT2D eigenvalue weighted by molar-refractivity contribution is 5.52. The second kappa shape index (κ2) is 5.75. The van der Waals surface area contributed by atoms with Gasteiger partial charge in [-0.25, -0.2) is 0 Å². The third-order valence-corrected chi connectivity index (χ3v) is 4.40. The standard InChI is InChI=1S/C16H26N2/c1-12-6-5-9-18(14(12)3)16-8-7-15(11-17-4)13(2)10-16/h7-8,10,12,14,17H,5-6,9,11H2,1-4H3. The van der Waals surface area contributed by atoms with E-state index in [-0.39, 0.29) is 0 Å². The van der Waals surface area contributed by atoms with Crippen LogP contribution < -0.4 is 10.2 Å². The zero-order valence-electron chi connectivity index (χ0n) is 12.2. The molecule has 2 heteroatoms.